The number of aliphatic hydroxyl groups is 2. The summed E-state index contributed by atoms with van der Waals surface area (Å²) in [5.74, 6) is 7.62. The van der Waals surface area contributed by atoms with Gasteiger partial charge in [-0.1, -0.05) is 24.6 Å². The van der Waals surface area contributed by atoms with Crippen molar-refractivity contribution in [2.75, 3.05) is 19.8 Å². The summed E-state index contributed by atoms with van der Waals surface area (Å²) in [7, 11) is 3.55. The van der Waals surface area contributed by atoms with Crippen LogP contribution in [0.15, 0.2) is 23.1 Å². The van der Waals surface area contributed by atoms with Crippen LogP contribution in [-0.2, 0) is 4.79 Å². The van der Waals surface area contributed by atoms with E-state index >= 15 is 0 Å². The SMILES string of the molecule is CC#CC[C@@H](C)[C@H](O)C=C[C@@H]1[C@H]2CC(=CSCC(=O)N(C)C)C[C@H]2C[C@H]1O. The lowest BCUT2D eigenvalue weighted by atomic mass is 9.89. The Bertz CT molecular complexity index is 631. The van der Waals surface area contributed by atoms with Crippen LogP contribution in [0.25, 0.3) is 0 Å². The maximum Gasteiger partial charge on any atom is 0.232 e. The molecule has 0 saturated heterocycles. The van der Waals surface area contributed by atoms with E-state index in [1.165, 1.54) is 5.57 Å². The third kappa shape index (κ3) is 6.14. The Kier molecular flexibility index (Phi) is 8.47. The maximum absolute atomic E-state index is 11.7. The largest absolute Gasteiger partial charge is 0.392 e. The van der Waals surface area contributed by atoms with Gasteiger partial charge in [0.25, 0.3) is 0 Å². The number of hydrogen-bond donors (Lipinski definition) is 2. The lowest BCUT2D eigenvalue weighted by Gasteiger charge is -2.19. The number of amides is 1. The number of rotatable bonds is 7. The number of nitrogens with zero attached hydrogens (tertiary/aromatic N) is 1. The number of fused-ring (bicyclic) bond motifs is 1. The number of hydrogen-bond acceptors (Lipinski definition) is 4. The Morgan fingerprint density at radius 2 is 2.15 bits per heavy atom. The molecule has 2 N–H and O–H groups in total. The molecule has 2 aliphatic carbocycles. The van der Waals surface area contributed by atoms with Gasteiger partial charge in [0.15, 0.2) is 0 Å². The van der Waals surface area contributed by atoms with Crippen LogP contribution in [0.2, 0.25) is 0 Å². The Morgan fingerprint density at radius 1 is 1.41 bits per heavy atom. The topological polar surface area (TPSA) is 60.8 Å². The first-order valence-electron chi connectivity index (χ1n) is 9.77. The van der Waals surface area contributed by atoms with Crippen molar-refractivity contribution in [3.63, 3.8) is 0 Å². The van der Waals surface area contributed by atoms with Crippen molar-refractivity contribution < 1.29 is 15.0 Å². The first-order chi connectivity index (χ1) is 12.8. The Morgan fingerprint density at radius 3 is 2.81 bits per heavy atom. The van der Waals surface area contributed by atoms with Crippen molar-refractivity contribution in [1.82, 2.24) is 4.90 Å². The van der Waals surface area contributed by atoms with Gasteiger partial charge in [-0.05, 0) is 49.3 Å². The molecule has 0 aromatic rings. The van der Waals surface area contributed by atoms with E-state index in [1.807, 2.05) is 26.0 Å². The van der Waals surface area contributed by atoms with E-state index in [9.17, 15) is 15.0 Å². The van der Waals surface area contributed by atoms with Crippen LogP contribution >= 0.6 is 11.8 Å². The molecular formula is C22H33NO3S. The molecule has 0 bridgehead atoms. The standard InChI is InChI=1S/C22H33NO3S/c1-5-6-7-15(2)20(24)9-8-18-19-11-16(10-17(19)12-21(18)25)13-27-14-22(26)23(3)4/h8-9,13,15,17-21,24-25H,7,10-12,14H2,1-4H3/t15-,17+,18-,19+,20-,21-/m1/s1. The molecule has 150 valence electrons. The molecule has 4 nitrogen and oxygen atoms in total. The first kappa shape index (κ1) is 22.1. The highest BCUT2D eigenvalue weighted by Gasteiger charge is 2.45. The molecule has 2 rings (SSSR count). The average Bonchev–Trinajstić information content (AvgIpc) is 3.13. The van der Waals surface area contributed by atoms with Crippen molar-refractivity contribution in [3.05, 3.63) is 23.1 Å². The Balaban J connectivity index is 1.91. The third-order valence-electron chi connectivity index (χ3n) is 5.78. The quantitative estimate of drug-likeness (QED) is 0.517. The van der Waals surface area contributed by atoms with E-state index in [-0.39, 0.29) is 23.8 Å². The molecule has 0 unspecified atom stereocenters. The van der Waals surface area contributed by atoms with Gasteiger partial charge in [-0.2, -0.15) is 0 Å². The fraction of sp³-hybridized carbons (Fsp3) is 0.682. The molecule has 0 aromatic carbocycles. The normalized spacial score (nSPS) is 30.8. The van der Waals surface area contributed by atoms with Crippen molar-refractivity contribution in [3.8, 4) is 11.8 Å². The van der Waals surface area contributed by atoms with Gasteiger partial charge in [-0.3, -0.25) is 4.79 Å². The summed E-state index contributed by atoms with van der Waals surface area (Å²) in [6, 6.07) is 0. The van der Waals surface area contributed by atoms with Gasteiger partial charge in [0.1, 0.15) is 0 Å². The van der Waals surface area contributed by atoms with Crippen LogP contribution in [0, 0.1) is 35.5 Å². The molecule has 0 spiro atoms. The Labute approximate surface area is 168 Å². The van der Waals surface area contributed by atoms with Gasteiger partial charge in [-0.15, -0.1) is 23.6 Å². The van der Waals surface area contributed by atoms with E-state index in [4.69, 9.17) is 0 Å². The number of allylic oxidation sites excluding steroid dienone is 1. The summed E-state index contributed by atoms with van der Waals surface area (Å²) in [6.07, 6.45) is 6.53. The second-order valence-corrected chi connectivity index (χ2v) is 8.93. The van der Waals surface area contributed by atoms with Gasteiger partial charge < -0.3 is 15.1 Å². The number of carbonyl (C=O) groups excluding carboxylic acids is 1. The van der Waals surface area contributed by atoms with E-state index in [1.54, 1.807) is 30.8 Å². The van der Waals surface area contributed by atoms with E-state index in [0.717, 1.165) is 19.3 Å². The fourth-order valence-corrected chi connectivity index (χ4v) is 4.96. The Hall–Kier alpha value is -1.22. The zero-order chi connectivity index (χ0) is 20.0. The monoisotopic (exact) mass is 391 g/mol. The number of aliphatic hydroxyl groups excluding tert-OH is 2. The van der Waals surface area contributed by atoms with E-state index in [0.29, 0.717) is 24.0 Å². The molecule has 2 aliphatic rings. The minimum atomic E-state index is -0.527. The van der Waals surface area contributed by atoms with Gasteiger partial charge in [0.2, 0.25) is 5.91 Å². The fourth-order valence-electron chi connectivity index (χ4n) is 4.04. The van der Waals surface area contributed by atoms with Crippen molar-refractivity contribution >= 4 is 17.7 Å². The van der Waals surface area contributed by atoms with E-state index < -0.39 is 6.10 Å². The highest BCUT2D eigenvalue weighted by molar-refractivity contribution is 8.02. The second-order valence-electron chi connectivity index (χ2n) is 8.07. The third-order valence-corrected chi connectivity index (χ3v) is 6.69. The zero-order valence-corrected chi connectivity index (χ0v) is 17.7. The van der Waals surface area contributed by atoms with Gasteiger partial charge in [0, 0.05) is 26.4 Å². The minimum Gasteiger partial charge on any atom is -0.392 e. The second kappa shape index (κ2) is 10.4. The number of carbonyl (C=O) groups is 1. The smallest absolute Gasteiger partial charge is 0.232 e. The van der Waals surface area contributed by atoms with Crippen LogP contribution < -0.4 is 0 Å². The van der Waals surface area contributed by atoms with Crippen molar-refractivity contribution in [2.45, 2.75) is 51.7 Å². The summed E-state index contributed by atoms with van der Waals surface area (Å²) >= 11 is 1.57. The predicted octanol–water partition coefficient (Wildman–Crippen LogP) is 3.07. The maximum atomic E-state index is 11.7. The summed E-state index contributed by atoms with van der Waals surface area (Å²) in [6.45, 7) is 3.81. The highest BCUT2D eigenvalue weighted by atomic mass is 32.2. The zero-order valence-electron chi connectivity index (χ0n) is 16.9. The predicted molar refractivity (Wildman–Crippen MR) is 112 cm³/mol. The van der Waals surface area contributed by atoms with Crippen molar-refractivity contribution in [1.29, 1.82) is 0 Å². The van der Waals surface area contributed by atoms with Gasteiger partial charge in [0.05, 0.1) is 18.0 Å². The van der Waals surface area contributed by atoms with Crippen LogP contribution in [-0.4, -0.2) is 53.1 Å². The van der Waals surface area contributed by atoms with Crippen LogP contribution in [0.4, 0.5) is 0 Å². The summed E-state index contributed by atoms with van der Waals surface area (Å²) in [5.41, 5.74) is 1.39. The van der Waals surface area contributed by atoms with Crippen LogP contribution in [0.1, 0.15) is 39.5 Å². The highest BCUT2D eigenvalue weighted by Crippen LogP contribution is 2.50. The summed E-state index contributed by atoms with van der Waals surface area (Å²) in [4.78, 5) is 13.3. The van der Waals surface area contributed by atoms with E-state index in [2.05, 4.69) is 17.2 Å². The van der Waals surface area contributed by atoms with Gasteiger partial charge in [-0.25, -0.2) is 0 Å². The average molecular weight is 392 g/mol. The molecule has 0 aromatic heterocycles. The molecule has 1 amide bonds. The molecule has 0 radical (unpaired) electrons. The van der Waals surface area contributed by atoms with Crippen LogP contribution in [0.3, 0.4) is 0 Å². The molecule has 2 saturated carbocycles. The molecule has 6 atom stereocenters. The molecule has 5 heteroatoms. The van der Waals surface area contributed by atoms with Crippen molar-refractivity contribution in [2.24, 2.45) is 23.7 Å². The lowest BCUT2D eigenvalue weighted by Crippen LogP contribution is -2.23. The molecule has 0 aliphatic heterocycles. The molecular weight excluding hydrogens is 358 g/mol. The molecule has 27 heavy (non-hydrogen) atoms. The molecule has 0 heterocycles. The van der Waals surface area contributed by atoms with Crippen LogP contribution in [0.5, 0.6) is 0 Å². The molecule has 2 fully saturated rings. The number of thioether (sulfide) groups is 1. The van der Waals surface area contributed by atoms with Gasteiger partial charge >= 0.3 is 0 Å². The minimum absolute atomic E-state index is 0.0905. The summed E-state index contributed by atoms with van der Waals surface area (Å²) in [5, 5.41) is 22.9. The summed E-state index contributed by atoms with van der Waals surface area (Å²) < 4.78 is 0. The first-order valence-corrected chi connectivity index (χ1v) is 10.8. The lowest BCUT2D eigenvalue weighted by molar-refractivity contribution is -0.125.